The van der Waals surface area contributed by atoms with Gasteiger partial charge in [-0.3, -0.25) is 0 Å². The van der Waals surface area contributed by atoms with E-state index in [4.69, 9.17) is 5.26 Å². The third kappa shape index (κ3) is 4.36. The molecule has 18 heteroatoms. The van der Waals surface area contributed by atoms with Gasteiger partial charge in [0.25, 0.3) is 0 Å². The molecule has 7 nitrogen and oxygen atoms in total. The van der Waals surface area contributed by atoms with Crippen molar-refractivity contribution in [2.75, 3.05) is 6.61 Å². The maximum absolute atomic E-state index is 15.0. The first kappa shape index (κ1) is 28.5. The molecule has 204 valence electrons. The second-order valence-electron chi connectivity index (χ2n) is 9.58. The van der Waals surface area contributed by atoms with E-state index in [1.54, 1.807) is 0 Å². The lowest BCUT2D eigenvalue weighted by atomic mass is 9.46. The van der Waals surface area contributed by atoms with Crippen LogP contribution in [0.2, 0.25) is 0 Å². The highest BCUT2D eigenvalue weighted by molar-refractivity contribution is 7.96. The van der Waals surface area contributed by atoms with Crippen LogP contribution in [0.4, 0.5) is 43.9 Å². The fourth-order valence-corrected chi connectivity index (χ4v) is 6.34. The summed E-state index contributed by atoms with van der Waals surface area (Å²) < 4.78 is 142. The topological polar surface area (TPSA) is 105 Å². The average Bonchev–Trinajstić information content (AvgIpc) is 2.66. The van der Waals surface area contributed by atoms with Crippen molar-refractivity contribution in [3.8, 4) is 0 Å². The molecule has 0 radical (unpaired) electrons. The molecule has 0 aromatic rings. The molecule has 4 saturated carbocycles. The van der Waals surface area contributed by atoms with Gasteiger partial charge in [-0.15, -0.1) is 4.33 Å². The number of ether oxygens (including phenoxy) is 1. The first-order valence-electron chi connectivity index (χ1n) is 9.76. The summed E-state index contributed by atoms with van der Waals surface area (Å²) in [5.41, 5.74) is -4.30. The summed E-state index contributed by atoms with van der Waals surface area (Å²) in [7, 11) is 0. The molecule has 0 amide bonds. The van der Waals surface area contributed by atoms with Crippen molar-refractivity contribution in [2.24, 2.45) is 11.3 Å². The lowest BCUT2D eigenvalue weighted by Crippen LogP contribution is -2.69. The Morgan fingerprint density at radius 3 is 1.77 bits per heavy atom. The minimum atomic E-state index is -7.57. The minimum absolute atomic E-state index is 0.0758. The van der Waals surface area contributed by atoms with Gasteiger partial charge >= 0.3 is 34.9 Å². The van der Waals surface area contributed by atoms with Crippen LogP contribution in [0.25, 0.3) is 0 Å². The average molecular weight is 556 g/mol. The van der Waals surface area contributed by atoms with Crippen LogP contribution in [-0.4, -0.2) is 68.2 Å². The molecule has 35 heavy (non-hydrogen) atoms. The molecular formula is C17H18F10O7S. The lowest BCUT2D eigenvalue weighted by Gasteiger charge is -2.63. The number of carbonyl (C=O) groups is 1. The van der Waals surface area contributed by atoms with Crippen LogP contribution in [0, 0.1) is 11.3 Å². The first-order valence-corrected chi connectivity index (χ1v) is 10.5. The van der Waals surface area contributed by atoms with Crippen LogP contribution in [0.15, 0.2) is 0 Å². The van der Waals surface area contributed by atoms with Gasteiger partial charge in [-0.2, -0.15) is 39.5 Å². The van der Waals surface area contributed by atoms with Gasteiger partial charge in [0.05, 0.1) is 29.9 Å². The molecule has 4 fully saturated rings. The molecule has 0 spiro atoms. The maximum Gasteiger partial charge on any atom is 0.460 e. The van der Waals surface area contributed by atoms with Crippen LogP contribution in [0.1, 0.15) is 38.5 Å². The van der Waals surface area contributed by atoms with Gasteiger partial charge in [-0.25, -0.2) is 14.4 Å². The second-order valence-corrected chi connectivity index (χ2v) is 10.4. The normalized spacial score (nSPS) is 35.2. The molecule has 3 atom stereocenters. The molecule has 4 rings (SSSR count). The molecule has 4 aliphatic rings. The Hall–Kier alpha value is -1.08. The summed E-state index contributed by atoms with van der Waals surface area (Å²) in [4.78, 5) is 12.2. The standard InChI is InChI=1S/C17H18F10O7S/c18-13(35-34-33-31,14(19,20)15(21,22)16(23,24)17(25,26)27)9(28)32-7-10-1-8-2-11(29,4-10)6-12(30,3-8)5-10/h8,29-31H,1-7H2. The Morgan fingerprint density at radius 2 is 1.34 bits per heavy atom. The fourth-order valence-electron chi connectivity index (χ4n) is 5.86. The van der Waals surface area contributed by atoms with E-state index in [0.717, 1.165) is 0 Å². The molecule has 3 N–H and O–H groups in total. The fraction of sp³-hybridized carbons (Fsp3) is 0.941. The number of alkyl halides is 10. The molecule has 0 aromatic heterocycles. The number of rotatable bonds is 9. The van der Waals surface area contributed by atoms with E-state index in [-0.39, 0.29) is 44.4 Å². The van der Waals surface area contributed by atoms with Crippen molar-refractivity contribution >= 4 is 18.0 Å². The maximum atomic E-state index is 15.0. The van der Waals surface area contributed by atoms with E-state index >= 15 is 4.39 Å². The smallest absolute Gasteiger partial charge is 0.460 e. The van der Waals surface area contributed by atoms with E-state index in [1.165, 1.54) is 0 Å². The van der Waals surface area contributed by atoms with Gasteiger partial charge in [-0.05, 0) is 38.0 Å². The van der Waals surface area contributed by atoms with Crippen molar-refractivity contribution < 1.29 is 78.3 Å². The summed E-state index contributed by atoms with van der Waals surface area (Å²) in [6, 6.07) is 0. The quantitative estimate of drug-likeness (QED) is 0.128. The minimum Gasteiger partial charge on any atom is -0.462 e. The number of halogens is 10. The predicted octanol–water partition coefficient (Wildman–Crippen LogP) is 4.18. The van der Waals surface area contributed by atoms with Crippen LogP contribution in [0.3, 0.4) is 0 Å². The molecule has 0 saturated heterocycles. The van der Waals surface area contributed by atoms with E-state index in [1.807, 2.05) is 0 Å². The van der Waals surface area contributed by atoms with E-state index in [9.17, 15) is 54.5 Å². The summed E-state index contributed by atoms with van der Waals surface area (Å²) in [6.45, 7) is -1.09. The number of carbonyl (C=O) groups excluding carboxylic acids is 1. The van der Waals surface area contributed by atoms with Crippen LogP contribution in [-0.2, 0) is 18.9 Å². The summed E-state index contributed by atoms with van der Waals surface area (Å²) >= 11 is -1.83. The molecule has 0 aliphatic heterocycles. The van der Waals surface area contributed by atoms with Gasteiger partial charge in [0, 0.05) is 11.8 Å². The van der Waals surface area contributed by atoms with Crippen molar-refractivity contribution in [3.05, 3.63) is 0 Å². The second kappa shape index (κ2) is 8.21. The Balaban J connectivity index is 1.89. The molecular weight excluding hydrogens is 538 g/mol. The van der Waals surface area contributed by atoms with Crippen LogP contribution in [0.5, 0.6) is 0 Å². The van der Waals surface area contributed by atoms with E-state index in [2.05, 4.69) is 14.1 Å². The zero-order valence-corrected chi connectivity index (χ0v) is 18.0. The first-order chi connectivity index (χ1) is 15.6. The highest BCUT2D eigenvalue weighted by atomic mass is 32.2. The number of esters is 1. The molecule has 0 aromatic carbocycles. The lowest BCUT2D eigenvalue weighted by molar-refractivity contribution is -0.435. The van der Waals surface area contributed by atoms with Gasteiger partial charge in [0.15, 0.2) is 0 Å². The monoisotopic (exact) mass is 556 g/mol. The number of hydrogen-bond donors (Lipinski definition) is 3. The van der Waals surface area contributed by atoms with Crippen molar-refractivity contribution in [1.29, 1.82) is 0 Å². The summed E-state index contributed by atoms with van der Waals surface area (Å²) in [6.07, 6.45) is -7.17. The predicted molar refractivity (Wildman–Crippen MR) is 91.6 cm³/mol. The Labute approximate surface area is 193 Å². The van der Waals surface area contributed by atoms with Gasteiger partial charge in [0.1, 0.15) is 0 Å². The van der Waals surface area contributed by atoms with Crippen molar-refractivity contribution in [3.63, 3.8) is 0 Å². The summed E-state index contributed by atoms with van der Waals surface area (Å²) in [5, 5.41) is 26.2. The Morgan fingerprint density at radius 1 is 0.829 bits per heavy atom. The Bertz CT molecular complexity index is 838. The highest BCUT2D eigenvalue weighted by Crippen LogP contribution is 2.64. The molecule has 4 aliphatic carbocycles. The molecule has 4 bridgehead atoms. The van der Waals surface area contributed by atoms with Crippen LogP contribution >= 0.6 is 12.0 Å². The zero-order valence-electron chi connectivity index (χ0n) is 17.2. The van der Waals surface area contributed by atoms with Crippen molar-refractivity contribution in [2.45, 2.75) is 78.7 Å². The molecule has 3 unspecified atom stereocenters. The van der Waals surface area contributed by atoms with Gasteiger partial charge in [0.2, 0.25) is 0 Å². The number of hydrogen-bond acceptors (Lipinski definition) is 8. The molecule has 0 heterocycles. The SMILES string of the molecule is O=C(OCC12CC3CC(O)(CC(O)(C3)C1)C2)C(F)(SOOO)C(F)(F)C(F)(F)C(F)(F)C(F)(F)F. The van der Waals surface area contributed by atoms with Crippen LogP contribution < -0.4 is 0 Å². The van der Waals surface area contributed by atoms with Gasteiger partial charge < -0.3 is 14.9 Å². The summed E-state index contributed by atoms with van der Waals surface area (Å²) in [5.74, 6) is -25.7. The largest absolute Gasteiger partial charge is 0.462 e. The van der Waals surface area contributed by atoms with E-state index in [0.29, 0.717) is 0 Å². The van der Waals surface area contributed by atoms with Gasteiger partial charge in [-0.1, -0.05) is 5.04 Å². The van der Waals surface area contributed by atoms with Crippen molar-refractivity contribution in [1.82, 2.24) is 0 Å². The van der Waals surface area contributed by atoms with E-state index < -0.39 is 70.2 Å². The number of aliphatic hydroxyl groups is 2. The zero-order chi connectivity index (χ0) is 26.9. The highest BCUT2D eigenvalue weighted by Gasteiger charge is 2.89. The Kier molecular flexibility index (Phi) is 6.68. The third-order valence-electron chi connectivity index (χ3n) is 6.63. The third-order valence-corrected chi connectivity index (χ3v) is 7.41.